The molecule has 2 heterocycles. The summed E-state index contributed by atoms with van der Waals surface area (Å²) in [6.07, 6.45) is -4.43. The van der Waals surface area contributed by atoms with Crippen molar-refractivity contribution in [3.05, 3.63) is 94.7 Å². The molecule has 2 aromatic heterocycles. The van der Waals surface area contributed by atoms with Gasteiger partial charge in [0.15, 0.2) is 5.76 Å². The zero-order chi connectivity index (χ0) is 26.6. The van der Waals surface area contributed by atoms with Gasteiger partial charge in [-0.05, 0) is 74.9 Å². The number of aromatic nitrogens is 2. The number of aryl methyl sites for hydroxylation is 1. The average Bonchev–Trinajstić information content (AvgIpc) is 3.44. The smallest absolute Gasteiger partial charge is 0.416 e. The standard InChI is InChI=1S/C27H26F3N3O4/c1-4-35-21-8-10-22(11-9-21)36-16-23-12-13-24(37-23)26(34)31-25-17(2)32-33(18(25)3)15-19-6-5-7-20(14-19)27(28,29)30/h5-14H,4,15-16H2,1-3H3,(H,31,34). The van der Waals surface area contributed by atoms with Crippen LogP contribution < -0.4 is 14.8 Å². The molecular weight excluding hydrogens is 487 g/mol. The molecule has 0 aliphatic rings. The summed E-state index contributed by atoms with van der Waals surface area (Å²) < 4.78 is 57.4. The fourth-order valence-corrected chi connectivity index (χ4v) is 3.76. The molecule has 4 rings (SSSR count). The number of halogens is 3. The zero-order valence-electron chi connectivity index (χ0n) is 20.6. The predicted molar refractivity (Wildman–Crippen MR) is 131 cm³/mol. The molecule has 4 aromatic rings. The molecule has 0 bridgehead atoms. The quantitative estimate of drug-likeness (QED) is 0.281. The van der Waals surface area contributed by atoms with Gasteiger partial charge in [-0.2, -0.15) is 18.3 Å². The Morgan fingerprint density at radius 3 is 2.41 bits per heavy atom. The van der Waals surface area contributed by atoms with E-state index in [-0.39, 0.29) is 18.9 Å². The Bertz CT molecular complexity index is 1370. The molecule has 0 fully saturated rings. The van der Waals surface area contributed by atoms with E-state index in [1.165, 1.54) is 6.07 Å². The number of nitrogens with zero attached hydrogens (tertiary/aromatic N) is 2. The van der Waals surface area contributed by atoms with Gasteiger partial charge in [0.25, 0.3) is 5.91 Å². The molecule has 0 atom stereocenters. The van der Waals surface area contributed by atoms with Crippen molar-refractivity contribution in [2.75, 3.05) is 11.9 Å². The maximum Gasteiger partial charge on any atom is 0.416 e. The van der Waals surface area contributed by atoms with Crippen molar-refractivity contribution >= 4 is 11.6 Å². The van der Waals surface area contributed by atoms with Gasteiger partial charge in [-0.3, -0.25) is 9.48 Å². The second-order valence-electron chi connectivity index (χ2n) is 8.31. The van der Waals surface area contributed by atoms with Crippen molar-refractivity contribution in [3.8, 4) is 11.5 Å². The van der Waals surface area contributed by atoms with E-state index in [0.717, 1.165) is 17.9 Å². The van der Waals surface area contributed by atoms with E-state index in [9.17, 15) is 18.0 Å². The van der Waals surface area contributed by atoms with Crippen LogP contribution >= 0.6 is 0 Å². The van der Waals surface area contributed by atoms with Gasteiger partial charge in [-0.25, -0.2) is 0 Å². The Hall–Kier alpha value is -4.21. The van der Waals surface area contributed by atoms with Gasteiger partial charge in [0.05, 0.1) is 35.8 Å². The molecule has 0 aliphatic heterocycles. The van der Waals surface area contributed by atoms with E-state index in [1.807, 2.05) is 6.92 Å². The molecule has 7 nitrogen and oxygen atoms in total. The Kier molecular flexibility index (Phi) is 7.56. The van der Waals surface area contributed by atoms with Crippen molar-refractivity contribution in [2.24, 2.45) is 0 Å². The van der Waals surface area contributed by atoms with Gasteiger partial charge in [0.1, 0.15) is 23.9 Å². The van der Waals surface area contributed by atoms with Crippen LogP contribution in [0.25, 0.3) is 0 Å². The highest BCUT2D eigenvalue weighted by atomic mass is 19.4. The van der Waals surface area contributed by atoms with Gasteiger partial charge in [0, 0.05) is 0 Å². The molecule has 10 heteroatoms. The molecule has 0 unspecified atom stereocenters. The van der Waals surface area contributed by atoms with Gasteiger partial charge >= 0.3 is 6.18 Å². The summed E-state index contributed by atoms with van der Waals surface area (Å²) in [4.78, 5) is 12.8. The Morgan fingerprint density at radius 2 is 1.73 bits per heavy atom. The largest absolute Gasteiger partial charge is 0.494 e. The highest BCUT2D eigenvalue weighted by Gasteiger charge is 2.30. The van der Waals surface area contributed by atoms with Crippen LogP contribution in [0.15, 0.2) is 65.1 Å². The summed E-state index contributed by atoms with van der Waals surface area (Å²) in [6.45, 7) is 6.19. The first-order valence-corrected chi connectivity index (χ1v) is 11.6. The second kappa shape index (κ2) is 10.8. The Labute approximate surface area is 211 Å². The maximum atomic E-state index is 13.0. The van der Waals surface area contributed by atoms with Crippen molar-refractivity contribution in [2.45, 2.75) is 40.1 Å². The number of rotatable bonds is 9. The molecule has 0 saturated heterocycles. The minimum absolute atomic E-state index is 0.0923. The summed E-state index contributed by atoms with van der Waals surface area (Å²) in [6, 6.07) is 15.4. The van der Waals surface area contributed by atoms with E-state index in [4.69, 9.17) is 13.9 Å². The van der Waals surface area contributed by atoms with Gasteiger partial charge in [-0.1, -0.05) is 12.1 Å². The molecular formula is C27H26F3N3O4. The highest BCUT2D eigenvalue weighted by molar-refractivity contribution is 6.02. The lowest BCUT2D eigenvalue weighted by Crippen LogP contribution is -2.13. The molecule has 1 amide bonds. The van der Waals surface area contributed by atoms with Crippen molar-refractivity contribution in [1.82, 2.24) is 9.78 Å². The number of furan rings is 1. The van der Waals surface area contributed by atoms with E-state index in [0.29, 0.717) is 40.8 Å². The Balaban J connectivity index is 1.39. The number of amides is 1. The first-order chi connectivity index (χ1) is 17.6. The number of carbonyl (C=O) groups excluding carboxylic acids is 1. The fraction of sp³-hybridized carbons (Fsp3) is 0.259. The number of alkyl halides is 3. The van der Waals surface area contributed by atoms with E-state index >= 15 is 0 Å². The average molecular weight is 514 g/mol. The fourth-order valence-electron chi connectivity index (χ4n) is 3.76. The van der Waals surface area contributed by atoms with Crippen molar-refractivity contribution < 1.29 is 31.9 Å². The molecule has 0 radical (unpaired) electrons. The number of anilines is 1. The second-order valence-corrected chi connectivity index (χ2v) is 8.31. The summed E-state index contributed by atoms with van der Waals surface area (Å²) in [5.41, 5.74) is 1.33. The van der Waals surface area contributed by atoms with E-state index in [1.54, 1.807) is 61.0 Å². The number of carbonyl (C=O) groups is 1. The third-order valence-electron chi connectivity index (χ3n) is 5.61. The summed E-state index contributed by atoms with van der Waals surface area (Å²) in [5.74, 6) is 1.46. The molecule has 2 aromatic carbocycles. The number of ether oxygens (including phenoxy) is 2. The predicted octanol–water partition coefficient (Wildman–Crippen LogP) is 6.39. The monoisotopic (exact) mass is 513 g/mol. The lowest BCUT2D eigenvalue weighted by Gasteiger charge is -2.10. The summed E-state index contributed by atoms with van der Waals surface area (Å²) in [5, 5.41) is 7.18. The van der Waals surface area contributed by atoms with Crippen LogP contribution in [0.5, 0.6) is 11.5 Å². The lowest BCUT2D eigenvalue weighted by atomic mass is 10.1. The normalized spacial score (nSPS) is 11.4. The number of nitrogens with one attached hydrogen (secondary N) is 1. The van der Waals surface area contributed by atoms with Crippen LogP contribution in [-0.2, 0) is 19.3 Å². The van der Waals surface area contributed by atoms with Crippen LogP contribution in [-0.4, -0.2) is 22.3 Å². The molecule has 1 N–H and O–H groups in total. The highest BCUT2D eigenvalue weighted by Crippen LogP contribution is 2.30. The maximum absolute atomic E-state index is 13.0. The van der Waals surface area contributed by atoms with E-state index in [2.05, 4.69) is 10.4 Å². The van der Waals surface area contributed by atoms with Crippen LogP contribution in [0.4, 0.5) is 18.9 Å². The first kappa shape index (κ1) is 25.9. The van der Waals surface area contributed by atoms with Gasteiger partial charge in [0.2, 0.25) is 0 Å². The minimum Gasteiger partial charge on any atom is -0.494 e. The summed E-state index contributed by atoms with van der Waals surface area (Å²) >= 11 is 0. The van der Waals surface area contributed by atoms with Crippen LogP contribution in [0.2, 0.25) is 0 Å². The van der Waals surface area contributed by atoms with E-state index < -0.39 is 17.6 Å². The molecule has 37 heavy (non-hydrogen) atoms. The molecule has 0 aliphatic carbocycles. The van der Waals surface area contributed by atoms with Crippen molar-refractivity contribution in [3.63, 3.8) is 0 Å². The number of hydrogen-bond acceptors (Lipinski definition) is 5. The molecule has 0 saturated carbocycles. The van der Waals surface area contributed by atoms with Crippen LogP contribution in [0, 0.1) is 13.8 Å². The topological polar surface area (TPSA) is 78.5 Å². The Morgan fingerprint density at radius 1 is 1.03 bits per heavy atom. The van der Waals surface area contributed by atoms with Crippen LogP contribution in [0.1, 0.15) is 45.8 Å². The zero-order valence-corrected chi connectivity index (χ0v) is 20.6. The summed E-state index contributed by atoms with van der Waals surface area (Å²) in [7, 11) is 0. The minimum atomic E-state index is -4.43. The lowest BCUT2D eigenvalue weighted by molar-refractivity contribution is -0.137. The van der Waals surface area contributed by atoms with Crippen molar-refractivity contribution in [1.29, 1.82) is 0 Å². The SMILES string of the molecule is CCOc1ccc(OCc2ccc(C(=O)Nc3c(C)nn(Cc4cccc(C(F)(F)F)c4)c3C)o2)cc1. The molecule has 0 spiro atoms. The van der Waals surface area contributed by atoms with Crippen LogP contribution in [0.3, 0.4) is 0 Å². The van der Waals surface area contributed by atoms with Gasteiger partial charge in [-0.15, -0.1) is 0 Å². The van der Waals surface area contributed by atoms with Gasteiger partial charge < -0.3 is 19.2 Å². The number of hydrogen-bond donors (Lipinski definition) is 1. The third-order valence-corrected chi connectivity index (χ3v) is 5.61. The first-order valence-electron chi connectivity index (χ1n) is 11.6. The number of benzene rings is 2. The third kappa shape index (κ3) is 6.32. The molecule has 194 valence electrons.